The summed E-state index contributed by atoms with van der Waals surface area (Å²) in [6.07, 6.45) is 2.11. The minimum absolute atomic E-state index is 0.150. The van der Waals surface area contributed by atoms with Crippen LogP contribution < -0.4 is 4.90 Å². The SMILES string of the molecule is C=CCOC1(C)CCN(c2c(C(OC(C)(C)C)C(=O)OC)c(C)nc3cc(-c4cccc(-c5cc(F)c(F)cc5O)c4)nn23)CC1. The first-order chi connectivity index (χ1) is 21.7. The zero-order valence-electron chi connectivity index (χ0n) is 27.1. The third-order valence-corrected chi connectivity index (χ3v) is 8.13. The van der Waals surface area contributed by atoms with Gasteiger partial charge in [-0.25, -0.2) is 18.6 Å². The number of nitrogens with zero attached hydrogens (tertiary/aromatic N) is 4. The van der Waals surface area contributed by atoms with Gasteiger partial charge in [-0.2, -0.15) is 9.61 Å². The average Bonchev–Trinajstić information content (AvgIpc) is 3.43. The van der Waals surface area contributed by atoms with Crippen molar-refractivity contribution in [2.45, 2.75) is 64.8 Å². The fourth-order valence-corrected chi connectivity index (χ4v) is 5.76. The third-order valence-electron chi connectivity index (χ3n) is 8.13. The van der Waals surface area contributed by atoms with Gasteiger partial charge in [0.25, 0.3) is 0 Å². The van der Waals surface area contributed by atoms with Crippen LogP contribution in [0.1, 0.15) is 57.9 Å². The van der Waals surface area contributed by atoms with Crippen LogP contribution in [0.2, 0.25) is 0 Å². The summed E-state index contributed by atoms with van der Waals surface area (Å²) in [5, 5.41) is 15.3. The van der Waals surface area contributed by atoms with Gasteiger partial charge in [-0.15, -0.1) is 6.58 Å². The number of halogens is 2. The first-order valence-corrected chi connectivity index (χ1v) is 15.2. The molecule has 1 saturated heterocycles. The number of anilines is 1. The van der Waals surface area contributed by atoms with Crippen molar-refractivity contribution >= 4 is 17.4 Å². The smallest absolute Gasteiger partial charge is 0.339 e. The lowest BCUT2D eigenvalue weighted by Crippen LogP contribution is -2.45. The Balaban J connectivity index is 1.66. The minimum atomic E-state index is -1.13. The maximum absolute atomic E-state index is 14.1. The van der Waals surface area contributed by atoms with Gasteiger partial charge in [-0.05, 0) is 65.2 Å². The molecule has 1 unspecified atom stereocenters. The van der Waals surface area contributed by atoms with Crippen LogP contribution in [0.5, 0.6) is 5.75 Å². The van der Waals surface area contributed by atoms with Crippen molar-refractivity contribution < 1.29 is 32.9 Å². The molecule has 1 aliphatic rings. The second-order valence-electron chi connectivity index (χ2n) is 12.8. The molecule has 0 radical (unpaired) electrons. The Morgan fingerprint density at radius 3 is 2.46 bits per heavy atom. The van der Waals surface area contributed by atoms with E-state index in [-0.39, 0.29) is 16.9 Å². The van der Waals surface area contributed by atoms with E-state index in [9.17, 15) is 18.7 Å². The fraction of sp³-hybridized carbons (Fsp3) is 0.400. The molecule has 5 rings (SSSR count). The van der Waals surface area contributed by atoms with Crippen molar-refractivity contribution in [2.24, 2.45) is 0 Å². The number of piperidine rings is 1. The summed E-state index contributed by atoms with van der Waals surface area (Å²) in [4.78, 5) is 20.3. The van der Waals surface area contributed by atoms with Gasteiger partial charge in [0, 0.05) is 42.0 Å². The summed E-state index contributed by atoms with van der Waals surface area (Å²) in [7, 11) is 1.33. The van der Waals surface area contributed by atoms with Crippen molar-refractivity contribution in [3.8, 4) is 28.1 Å². The van der Waals surface area contributed by atoms with E-state index in [1.807, 2.05) is 39.8 Å². The lowest BCUT2D eigenvalue weighted by Gasteiger charge is -2.41. The number of hydrogen-bond acceptors (Lipinski definition) is 8. The first-order valence-electron chi connectivity index (χ1n) is 15.2. The largest absolute Gasteiger partial charge is 0.507 e. The standard InChI is InChI=1S/C35H40F2N4O5/c1-8-16-45-35(6)12-14-40(15-13-35)32-30(31(33(43)44-7)46-34(3,4)5)21(2)38-29-20-27(39-41(29)32)23-11-9-10-22(17-23)24-18-25(36)26(37)19-28(24)42/h8-11,17-20,31,42H,1,12-16H2,2-7H3. The van der Waals surface area contributed by atoms with E-state index >= 15 is 0 Å². The zero-order valence-corrected chi connectivity index (χ0v) is 27.1. The number of benzene rings is 2. The molecule has 1 N–H and O–H groups in total. The molecule has 1 fully saturated rings. The molecule has 9 nitrogen and oxygen atoms in total. The summed E-state index contributed by atoms with van der Waals surface area (Å²) in [5.41, 5.74) is 2.52. The zero-order chi connectivity index (χ0) is 33.4. The van der Waals surface area contributed by atoms with E-state index in [2.05, 4.69) is 18.4 Å². The molecule has 11 heteroatoms. The molecule has 0 spiro atoms. The number of hydrogen-bond donors (Lipinski definition) is 1. The number of esters is 1. The highest BCUT2D eigenvalue weighted by atomic mass is 19.2. The molecule has 2 aromatic carbocycles. The van der Waals surface area contributed by atoms with Gasteiger partial charge < -0.3 is 24.2 Å². The van der Waals surface area contributed by atoms with Crippen LogP contribution in [0.25, 0.3) is 28.0 Å². The molecular weight excluding hydrogens is 594 g/mol. The van der Waals surface area contributed by atoms with Crippen LogP contribution >= 0.6 is 0 Å². The van der Waals surface area contributed by atoms with Gasteiger partial charge in [-0.3, -0.25) is 0 Å². The molecule has 0 saturated carbocycles. The van der Waals surface area contributed by atoms with E-state index in [1.165, 1.54) is 7.11 Å². The predicted molar refractivity (Wildman–Crippen MR) is 172 cm³/mol. The number of carbonyl (C=O) groups is 1. The molecule has 3 heterocycles. The lowest BCUT2D eigenvalue weighted by atomic mass is 9.92. The second-order valence-corrected chi connectivity index (χ2v) is 12.8. The first kappa shape index (κ1) is 33.0. The van der Waals surface area contributed by atoms with E-state index < -0.39 is 29.3 Å². The van der Waals surface area contributed by atoms with Gasteiger partial charge in [0.1, 0.15) is 11.6 Å². The molecule has 0 bridgehead atoms. The second kappa shape index (κ2) is 12.8. The van der Waals surface area contributed by atoms with Crippen LogP contribution in [0, 0.1) is 18.6 Å². The molecule has 1 aliphatic heterocycles. The van der Waals surface area contributed by atoms with E-state index in [0.29, 0.717) is 59.2 Å². The Labute approximate surface area is 267 Å². The van der Waals surface area contributed by atoms with Gasteiger partial charge in [-0.1, -0.05) is 24.3 Å². The fourth-order valence-electron chi connectivity index (χ4n) is 5.76. The number of phenolic OH excluding ortho intramolecular Hbond substituents is 1. The minimum Gasteiger partial charge on any atom is -0.507 e. The third kappa shape index (κ3) is 6.75. The summed E-state index contributed by atoms with van der Waals surface area (Å²) in [6.45, 7) is 15.0. The number of aryl methyl sites for hydroxylation is 1. The van der Waals surface area contributed by atoms with E-state index in [1.54, 1.807) is 28.8 Å². The number of aromatic nitrogens is 3. The molecule has 2 aromatic heterocycles. The maximum atomic E-state index is 14.1. The topological polar surface area (TPSA) is 98.4 Å². The van der Waals surface area contributed by atoms with E-state index in [0.717, 1.165) is 25.0 Å². The van der Waals surface area contributed by atoms with Crippen LogP contribution in [0.4, 0.5) is 14.6 Å². The highest BCUT2D eigenvalue weighted by Gasteiger charge is 2.38. The molecule has 4 aromatic rings. The maximum Gasteiger partial charge on any atom is 0.339 e. The van der Waals surface area contributed by atoms with Gasteiger partial charge >= 0.3 is 5.97 Å². The quantitative estimate of drug-likeness (QED) is 0.156. The molecule has 0 amide bonds. The van der Waals surface area contributed by atoms with Crippen LogP contribution in [-0.4, -0.2) is 63.7 Å². The average molecular weight is 635 g/mol. The summed E-state index contributed by atoms with van der Waals surface area (Å²) < 4.78 is 47.2. The van der Waals surface area contributed by atoms with E-state index in [4.69, 9.17) is 24.3 Å². The summed E-state index contributed by atoms with van der Waals surface area (Å²) in [5.74, 6) is -2.46. The van der Waals surface area contributed by atoms with Crippen molar-refractivity contribution in [3.05, 3.63) is 78.0 Å². The Kier molecular flexibility index (Phi) is 9.19. The molecule has 46 heavy (non-hydrogen) atoms. The number of carbonyl (C=O) groups excluding carboxylic acids is 1. The Morgan fingerprint density at radius 1 is 1.13 bits per heavy atom. The lowest BCUT2D eigenvalue weighted by molar-refractivity contribution is -0.164. The number of phenols is 1. The monoisotopic (exact) mass is 634 g/mol. The number of fused-ring (bicyclic) bond motifs is 1. The Morgan fingerprint density at radius 2 is 1.80 bits per heavy atom. The highest BCUT2D eigenvalue weighted by Crippen LogP contribution is 2.39. The van der Waals surface area contributed by atoms with Crippen molar-refractivity contribution in [1.29, 1.82) is 0 Å². The highest BCUT2D eigenvalue weighted by molar-refractivity contribution is 5.81. The van der Waals surface area contributed by atoms with Crippen molar-refractivity contribution in [3.63, 3.8) is 0 Å². The predicted octanol–water partition coefficient (Wildman–Crippen LogP) is 6.95. The Hall–Kier alpha value is -4.35. The number of ether oxygens (including phenoxy) is 3. The summed E-state index contributed by atoms with van der Waals surface area (Å²) >= 11 is 0. The van der Waals surface area contributed by atoms with Gasteiger partial charge in [0.2, 0.25) is 0 Å². The van der Waals surface area contributed by atoms with Crippen LogP contribution in [-0.2, 0) is 19.0 Å². The molecular formula is C35H40F2N4O5. The number of methoxy groups -OCH3 is 1. The van der Waals surface area contributed by atoms with Crippen molar-refractivity contribution in [1.82, 2.24) is 14.6 Å². The Bertz CT molecular complexity index is 1770. The van der Waals surface area contributed by atoms with Crippen LogP contribution in [0.3, 0.4) is 0 Å². The molecule has 1 atom stereocenters. The molecule has 0 aliphatic carbocycles. The normalized spacial score (nSPS) is 15.6. The van der Waals surface area contributed by atoms with Gasteiger partial charge in [0.05, 0.1) is 36.2 Å². The van der Waals surface area contributed by atoms with Gasteiger partial charge in [0.15, 0.2) is 23.4 Å². The number of rotatable bonds is 9. The summed E-state index contributed by atoms with van der Waals surface area (Å²) in [6, 6.07) is 10.6. The number of aromatic hydroxyl groups is 1. The van der Waals surface area contributed by atoms with Crippen molar-refractivity contribution in [2.75, 3.05) is 31.7 Å². The molecule has 244 valence electrons. The van der Waals surface area contributed by atoms with Crippen LogP contribution in [0.15, 0.2) is 55.1 Å².